The molecule has 0 unspecified atom stereocenters. The highest BCUT2D eigenvalue weighted by atomic mass is 16.7. The van der Waals surface area contributed by atoms with Gasteiger partial charge in [0.25, 0.3) is 0 Å². The maximum atomic E-state index is 9.43. The molecule has 7 heteroatoms. The number of aromatic nitrogens is 2. The maximum absolute atomic E-state index is 9.43. The Bertz CT molecular complexity index is 788. The van der Waals surface area contributed by atoms with Gasteiger partial charge in [-0.15, -0.1) is 0 Å². The Balaban J connectivity index is 2.13. The van der Waals surface area contributed by atoms with Gasteiger partial charge in [-0.2, -0.15) is 5.26 Å². The molecule has 1 aliphatic heterocycles. The summed E-state index contributed by atoms with van der Waals surface area (Å²) in [6.07, 6.45) is 0. The lowest BCUT2D eigenvalue weighted by Crippen LogP contribution is -2.41. The first-order chi connectivity index (χ1) is 10.2. The summed E-state index contributed by atoms with van der Waals surface area (Å²) in [6, 6.07) is 5.86. The van der Waals surface area contributed by atoms with Gasteiger partial charge in [0, 0.05) is 7.05 Å². The molecule has 0 saturated carbocycles. The zero-order chi connectivity index (χ0) is 16.3. The first-order valence-electron chi connectivity index (χ1n) is 7.18. The highest BCUT2D eigenvalue weighted by molar-refractivity contribution is 6.62. The number of anilines is 1. The van der Waals surface area contributed by atoms with E-state index in [0.717, 1.165) is 11.0 Å². The molecule has 1 aromatic carbocycles. The van der Waals surface area contributed by atoms with Gasteiger partial charge < -0.3 is 19.6 Å². The summed E-state index contributed by atoms with van der Waals surface area (Å²) in [5, 5.41) is 9.43. The summed E-state index contributed by atoms with van der Waals surface area (Å²) in [7, 11) is 1.27. The van der Waals surface area contributed by atoms with Gasteiger partial charge in [-0.25, -0.2) is 4.98 Å². The molecule has 0 bridgehead atoms. The van der Waals surface area contributed by atoms with Crippen LogP contribution >= 0.6 is 0 Å². The number of hydrogen-bond acceptors (Lipinski definition) is 5. The Morgan fingerprint density at radius 3 is 2.36 bits per heavy atom. The first kappa shape index (κ1) is 14.9. The van der Waals surface area contributed by atoms with Crippen LogP contribution in [0.2, 0.25) is 0 Å². The third kappa shape index (κ3) is 1.99. The second-order valence-corrected chi connectivity index (χ2v) is 6.67. The van der Waals surface area contributed by atoms with Crippen LogP contribution in [0.1, 0.15) is 33.3 Å². The van der Waals surface area contributed by atoms with Crippen molar-refractivity contribution in [1.29, 1.82) is 5.26 Å². The van der Waals surface area contributed by atoms with E-state index in [1.165, 1.54) is 0 Å². The minimum absolute atomic E-state index is 0.373. The van der Waals surface area contributed by atoms with Crippen molar-refractivity contribution >= 4 is 29.6 Å². The summed E-state index contributed by atoms with van der Waals surface area (Å²) in [6.45, 7) is 7.98. The Morgan fingerprint density at radius 1 is 1.23 bits per heavy atom. The average Bonchev–Trinajstić information content (AvgIpc) is 2.83. The lowest BCUT2D eigenvalue weighted by atomic mass is 9.78. The predicted molar refractivity (Wildman–Crippen MR) is 85.6 cm³/mol. The smallest absolute Gasteiger partial charge is 0.399 e. The number of nitrogen functional groups attached to an aromatic ring is 1. The standard InChI is InChI=1S/C15H19BN4O2/c1-14(2)15(3,4)22-16(21-14)10-6-9(8-17)12-11(7-10)19-13(18)20(12)5/h6-7H,1-5H3,(H2,18,19). The molecule has 2 N–H and O–H groups in total. The van der Waals surface area contributed by atoms with Crippen LogP contribution < -0.4 is 11.2 Å². The van der Waals surface area contributed by atoms with Gasteiger partial charge >= 0.3 is 7.12 Å². The van der Waals surface area contributed by atoms with E-state index in [0.29, 0.717) is 17.0 Å². The SMILES string of the molecule is Cn1c(N)nc2cc(B3OC(C)(C)C(C)(C)O3)cc(C#N)c21. The molecular weight excluding hydrogens is 279 g/mol. The lowest BCUT2D eigenvalue weighted by molar-refractivity contribution is 0.00578. The van der Waals surface area contributed by atoms with E-state index in [1.807, 2.05) is 33.8 Å². The average molecular weight is 298 g/mol. The van der Waals surface area contributed by atoms with Crippen LogP contribution in [-0.4, -0.2) is 27.9 Å². The fraction of sp³-hybridized carbons (Fsp3) is 0.467. The number of hydrogen-bond donors (Lipinski definition) is 1. The Hall–Kier alpha value is -2.04. The van der Waals surface area contributed by atoms with Crippen LogP contribution in [0.25, 0.3) is 11.0 Å². The molecule has 3 rings (SSSR count). The van der Waals surface area contributed by atoms with Crippen LogP contribution in [0, 0.1) is 11.3 Å². The normalized spacial score (nSPS) is 19.5. The van der Waals surface area contributed by atoms with Gasteiger partial charge in [0.1, 0.15) is 6.07 Å². The molecule has 1 fully saturated rings. The molecule has 0 aliphatic carbocycles. The Kier molecular flexibility index (Phi) is 3.03. The number of fused-ring (bicyclic) bond motifs is 1. The molecule has 1 aliphatic rings. The molecule has 2 heterocycles. The van der Waals surface area contributed by atoms with E-state index in [9.17, 15) is 5.26 Å². The number of nitrogens with two attached hydrogens (primary N) is 1. The van der Waals surface area contributed by atoms with E-state index >= 15 is 0 Å². The van der Waals surface area contributed by atoms with E-state index in [4.69, 9.17) is 15.0 Å². The van der Waals surface area contributed by atoms with Gasteiger partial charge in [-0.1, -0.05) is 0 Å². The molecule has 0 spiro atoms. The van der Waals surface area contributed by atoms with Crippen molar-refractivity contribution < 1.29 is 9.31 Å². The first-order valence-corrected chi connectivity index (χ1v) is 7.18. The number of nitriles is 1. The molecule has 1 saturated heterocycles. The predicted octanol–water partition coefficient (Wildman–Crippen LogP) is 1.33. The molecule has 22 heavy (non-hydrogen) atoms. The summed E-state index contributed by atoms with van der Waals surface area (Å²) in [5.41, 5.74) is 7.67. The van der Waals surface area contributed by atoms with Crippen molar-refractivity contribution in [1.82, 2.24) is 9.55 Å². The number of aryl methyl sites for hydroxylation is 1. The molecule has 2 aromatic rings. The van der Waals surface area contributed by atoms with Crippen LogP contribution in [0.3, 0.4) is 0 Å². The van der Waals surface area contributed by atoms with Gasteiger partial charge in [0.15, 0.2) is 0 Å². The molecule has 0 amide bonds. The molecule has 114 valence electrons. The van der Waals surface area contributed by atoms with E-state index < -0.39 is 18.3 Å². The fourth-order valence-electron chi connectivity index (χ4n) is 2.59. The zero-order valence-electron chi connectivity index (χ0n) is 13.5. The molecule has 0 radical (unpaired) electrons. The molecular formula is C15H19BN4O2. The largest absolute Gasteiger partial charge is 0.494 e. The minimum Gasteiger partial charge on any atom is -0.399 e. The summed E-state index contributed by atoms with van der Waals surface area (Å²) < 4.78 is 13.8. The van der Waals surface area contributed by atoms with E-state index in [-0.39, 0.29) is 0 Å². The monoisotopic (exact) mass is 298 g/mol. The second kappa shape index (κ2) is 4.48. The third-order valence-electron chi connectivity index (χ3n) is 4.67. The van der Waals surface area contributed by atoms with Crippen LogP contribution in [0.5, 0.6) is 0 Å². The zero-order valence-corrected chi connectivity index (χ0v) is 13.5. The maximum Gasteiger partial charge on any atom is 0.494 e. The van der Waals surface area contributed by atoms with Gasteiger partial charge in [0.2, 0.25) is 5.95 Å². The fourth-order valence-corrected chi connectivity index (χ4v) is 2.59. The van der Waals surface area contributed by atoms with E-state index in [2.05, 4.69) is 11.1 Å². The van der Waals surface area contributed by atoms with Crippen molar-refractivity contribution in [3.63, 3.8) is 0 Å². The Labute approximate surface area is 130 Å². The minimum atomic E-state index is -0.523. The summed E-state index contributed by atoms with van der Waals surface area (Å²) in [5.74, 6) is 0.373. The van der Waals surface area contributed by atoms with Crippen molar-refractivity contribution in [3.05, 3.63) is 17.7 Å². The van der Waals surface area contributed by atoms with Crippen LogP contribution in [-0.2, 0) is 16.4 Å². The van der Waals surface area contributed by atoms with Crippen molar-refractivity contribution in [2.75, 3.05) is 5.73 Å². The second-order valence-electron chi connectivity index (χ2n) is 6.67. The molecule has 1 aromatic heterocycles. The van der Waals surface area contributed by atoms with Gasteiger partial charge in [0.05, 0.1) is 27.8 Å². The van der Waals surface area contributed by atoms with Gasteiger partial charge in [-0.05, 0) is 45.3 Å². The molecule has 6 nitrogen and oxygen atoms in total. The highest BCUT2D eigenvalue weighted by Crippen LogP contribution is 2.36. The highest BCUT2D eigenvalue weighted by Gasteiger charge is 2.51. The van der Waals surface area contributed by atoms with Crippen molar-refractivity contribution in [2.24, 2.45) is 7.05 Å². The number of benzene rings is 1. The van der Waals surface area contributed by atoms with E-state index in [1.54, 1.807) is 17.7 Å². The molecule has 0 atom stereocenters. The third-order valence-corrected chi connectivity index (χ3v) is 4.67. The van der Waals surface area contributed by atoms with Crippen molar-refractivity contribution in [2.45, 2.75) is 38.9 Å². The van der Waals surface area contributed by atoms with Crippen LogP contribution in [0.15, 0.2) is 12.1 Å². The Morgan fingerprint density at radius 2 is 1.82 bits per heavy atom. The number of nitrogens with zero attached hydrogens (tertiary/aromatic N) is 3. The van der Waals surface area contributed by atoms with Crippen LogP contribution in [0.4, 0.5) is 5.95 Å². The number of imidazole rings is 1. The lowest BCUT2D eigenvalue weighted by Gasteiger charge is -2.32. The summed E-state index contributed by atoms with van der Waals surface area (Å²) >= 11 is 0. The quantitative estimate of drug-likeness (QED) is 0.803. The van der Waals surface area contributed by atoms with Gasteiger partial charge in [-0.3, -0.25) is 0 Å². The number of rotatable bonds is 1. The summed E-state index contributed by atoms with van der Waals surface area (Å²) in [4.78, 5) is 4.30. The topological polar surface area (TPSA) is 86.1 Å². The van der Waals surface area contributed by atoms with Crippen molar-refractivity contribution in [3.8, 4) is 6.07 Å².